The molecular formula is C20H25NO5S2. The molecule has 0 N–H and O–H groups in total. The van der Waals surface area contributed by atoms with Gasteiger partial charge in [0.05, 0.1) is 22.0 Å². The second kappa shape index (κ2) is 8.23. The second-order valence-electron chi connectivity index (χ2n) is 7.10. The highest BCUT2D eigenvalue weighted by molar-refractivity contribution is 7.92. The Hall–Kier alpha value is -1.90. The molecule has 3 rings (SSSR count). The summed E-state index contributed by atoms with van der Waals surface area (Å²) in [5.74, 6) is 0.400. The average Bonchev–Trinajstić information content (AvgIpc) is 2.81. The van der Waals surface area contributed by atoms with E-state index in [4.69, 9.17) is 4.74 Å². The van der Waals surface area contributed by atoms with Gasteiger partial charge in [0, 0.05) is 13.1 Å². The van der Waals surface area contributed by atoms with Gasteiger partial charge in [0.15, 0.2) is 9.84 Å². The van der Waals surface area contributed by atoms with Crippen molar-refractivity contribution < 1.29 is 21.6 Å². The summed E-state index contributed by atoms with van der Waals surface area (Å²) in [6, 6.07) is 15.2. The van der Waals surface area contributed by atoms with Crippen LogP contribution < -0.4 is 4.74 Å². The minimum atomic E-state index is -3.77. The number of sulfonamides is 1. The minimum absolute atomic E-state index is 0.00631. The van der Waals surface area contributed by atoms with Crippen LogP contribution in [0.15, 0.2) is 59.5 Å². The van der Waals surface area contributed by atoms with Crippen LogP contribution in [0, 0.1) is 0 Å². The van der Waals surface area contributed by atoms with E-state index in [1.807, 2.05) is 19.9 Å². The lowest BCUT2D eigenvalue weighted by Crippen LogP contribution is -2.33. The average molecular weight is 424 g/mol. The topological polar surface area (TPSA) is 80.8 Å². The summed E-state index contributed by atoms with van der Waals surface area (Å²) in [7, 11) is -7.21. The summed E-state index contributed by atoms with van der Waals surface area (Å²) in [4.78, 5) is 0.138. The van der Waals surface area contributed by atoms with E-state index < -0.39 is 25.1 Å². The van der Waals surface area contributed by atoms with Gasteiger partial charge in [-0.1, -0.05) is 30.3 Å². The molecule has 1 aliphatic heterocycles. The van der Waals surface area contributed by atoms with Crippen LogP contribution in [0.2, 0.25) is 0 Å². The van der Waals surface area contributed by atoms with E-state index in [0.717, 1.165) is 0 Å². The smallest absolute Gasteiger partial charge is 0.243 e. The molecule has 1 unspecified atom stereocenters. The maximum atomic E-state index is 13.0. The normalized spacial score (nSPS) is 20.6. The maximum absolute atomic E-state index is 13.0. The molecule has 2 aromatic rings. The molecule has 152 valence electrons. The van der Waals surface area contributed by atoms with Gasteiger partial charge in [0.2, 0.25) is 10.0 Å². The molecule has 28 heavy (non-hydrogen) atoms. The third-order valence-electron chi connectivity index (χ3n) is 4.70. The highest BCUT2D eigenvalue weighted by Crippen LogP contribution is 2.31. The number of sulfone groups is 1. The van der Waals surface area contributed by atoms with Crippen molar-refractivity contribution in [3.05, 3.63) is 60.2 Å². The molecule has 0 spiro atoms. The van der Waals surface area contributed by atoms with Crippen LogP contribution in [-0.2, 0) is 19.9 Å². The van der Waals surface area contributed by atoms with Crippen molar-refractivity contribution in [1.29, 1.82) is 0 Å². The monoisotopic (exact) mass is 423 g/mol. The Morgan fingerprint density at radius 1 is 1.00 bits per heavy atom. The highest BCUT2D eigenvalue weighted by atomic mass is 32.2. The molecule has 0 aromatic heterocycles. The number of benzene rings is 2. The van der Waals surface area contributed by atoms with Gasteiger partial charge in [0.25, 0.3) is 0 Å². The molecular weight excluding hydrogens is 398 g/mol. The van der Waals surface area contributed by atoms with Crippen molar-refractivity contribution in [3.8, 4) is 5.75 Å². The molecule has 0 saturated carbocycles. The summed E-state index contributed by atoms with van der Waals surface area (Å²) in [5.41, 5.74) is 0.705. The number of hydrogen-bond donors (Lipinski definition) is 0. The van der Waals surface area contributed by atoms with E-state index in [1.165, 1.54) is 16.4 Å². The van der Waals surface area contributed by atoms with Crippen LogP contribution in [0.25, 0.3) is 0 Å². The molecule has 6 nitrogen and oxygen atoms in total. The van der Waals surface area contributed by atoms with Gasteiger partial charge < -0.3 is 4.74 Å². The van der Waals surface area contributed by atoms with E-state index >= 15 is 0 Å². The molecule has 8 heteroatoms. The van der Waals surface area contributed by atoms with Crippen molar-refractivity contribution >= 4 is 19.9 Å². The van der Waals surface area contributed by atoms with Crippen molar-refractivity contribution in [2.24, 2.45) is 0 Å². The predicted molar refractivity (Wildman–Crippen MR) is 109 cm³/mol. The molecule has 2 aromatic carbocycles. The quantitative estimate of drug-likeness (QED) is 0.738. The van der Waals surface area contributed by atoms with Gasteiger partial charge in [-0.05, 0) is 50.1 Å². The third kappa shape index (κ3) is 4.56. The summed E-state index contributed by atoms with van der Waals surface area (Å²) >= 11 is 0. The Morgan fingerprint density at radius 2 is 1.64 bits per heavy atom. The molecule has 1 fully saturated rings. The SMILES string of the molecule is CC(C)Oc1ccc(S(=O)(=O)N2CCC(c3ccccc3)S(=O)(=O)CC2)cc1. The van der Waals surface area contributed by atoms with Gasteiger partial charge in [0.1, 0.15) is 5.75 Å². The lowest BCUT2D eigenvalue weighted by molar-refractivity contribution is 0.242. The fourth-order valence-electron chi connectivity index (χ4n) is 3.32. The second-order valence-corrected chi connectivity index (χ2v) is 11.3. The van der Waals surface area contributed by atoms with Gasteiger partial charge in [-0.15, -0.1) is 0 Å². The Kier molecular flexibility index (Phi) is 6.12. The van der Waals surface area contributed by atoms with Gasteiger partial charge in [-0.25, -0.2) is 16.8 Å². The minimum Gasteiger partial charge on any atom is -0.491 e. The predicted octanol–water partition coefficient (Wildman–Crippen LogP) is 3.02. The zero-order valence-electron chi connectivity index (χ0n) is 16.0. The standard InChI is InChI=1S/C20H25NO5S2/c1-16(2)26-18-8-10-19(11-9-18)28(24,25)21-13-12-20(27(22,23)15-14-21)17-6-4-3-5-7-17/h3-11,16,20H,12-15H2,1-2H3. The van der Waals surface area contributed by atoms with Crippen LogP contribution in [-0.4, -0.2) is 46.1 Å². The van der Waals surface area contributed by atoms with Crippen molar-refractivity contribution in [3.63, 3.8) is 0 Å². The molecule has 0 bridgehead atoms. The van der Waals surface area contributed by atoms with Crippen LogP contribution in [0.3, 0.4) is 0 Å². The lowest BCUT2D eigenvalue weighted by atomic mass is 10.1. The molecule has 0 amide bonds. The van der Waals surface area contributed by atoms with E-state index in [2.05, 4.69) is 0 Å². The molecule has 1 aliphatic rings. The molecule has 0 aliphatic carbocycles. The van der Waals surface area contributed by atoms with Crippen LogP contribution in [0.5, 0.6) is 5.75 Å². The number of nitrogens with zero attached hydrogens (tertiary/aromatic N) is 1. The first-order chi connectivity index (χ1) is 13.2. The van der Waals surface area contributed by atoms with Crippen LogP contribution in [0.1, 0.15) is 31.1 Å². The Labute approximate surface area is 167 Å². The fourth-order valence-corrected chi connectivity index (χ4v) is 6.68. The van der Waals surface area contributed by atoms with E-state index in [-0.39, 0.29) is 36.3 Å². The number of ether oxygens (including phenoxy) is 1. The molecule has 1 atom stereocenters. The Balaban J connectivity index is 1.82. The molecule has 0 radical (unpaired) electrons. The summed E-state index contributed by atoms with van der Waals surface area (Å²) in [5, 5.41) is -0.685. The van der Waals surface area contributed by atoms with Crippen molar-refractivity contribution in [1.82, 2.24) is 4.31 Å². The zero-order valence-corrected chi connectivity index (χ0v) is 17.6. The Bertz CT molecular complexity index is 1000. The first kappa shape index (κ1) is 20.8. The largest absolute Gasteiger partial charge is 0.491 e. The Morgan fingerprint density at radius 3 is 2.25 bits per heavy atom. The molecule has 1 saturated heterocycles. The maximum Gasteiger partial charge on any atom is 0.243 e. The summed E-state index contributed by atoms with van der Waals surface area (Å²) in [6.07, 6.45) is 0.230. The van der Waals surface area contributed by atoms with E-state index in [0.29, 0.717) is 11.3 Å². The van der Waals surface area contributed by atoms with Gasteiger partial charge in [-0.3, -0.25) is 0 Å². The van der Waals surface area contributed by atoms with Crippen molar-refractivity contribution in [2.75, 3.05) is 18.8 Å². The summed E-state index contributed by atoms with van der Waals surface area (Å²) in [6.45, 7) is 3.90. The van der Waals surface area contributed by atoms with Crippen LogP contribution >= 0.6 is 0 Å². The van der Waals surface area contributed by atoms with E-state index in [9.17, 15) is 16.8 Å². The number of rotatable bonds is 5. The van der Waals surface area contributed by atoms with Crippen LogP contribution in [0.4, 0.5) is 0 Å². The van der Waals surface area contributed by atoms with Gasteiger partial charge in [-0.2, -0.15) is 4.31 Å². The zero-order chi connectivity index (χ0) is 20.4. The fraction of sp³-hybridized carbons (Fsp3) is 0.400. The molecule has 1 heterocycles. The lowest BCUT2D eigenvalue weighted by Gasteiger charge is -2.20. The third-order valence-corrected chi connectivity index (χ3v) is 8.74. The van der Waals surface area contributed by atoms with E-state index in [1.54, 1.807) is 36.4 Å². The van der Waals surface area contributed by atoms with Crippen molar-refractivity contribution in [2.45, 2.75) is 36.5 Å². The first-order valence-corrected chi connectivity index (χ1v) is 12.4. The van der Waals surface area contributed by atoms with Gasteiger partial charge >= 0.3 is 0 Å². The number of hydrogen-bond acceptors (Lipinski definition) is 5. The summed E-state index contributed by atoms with van der Waals surface area (Å²) < 4.78 is 58.3. The first-order valence-electron chi connectivity index (χ1n) is 9.23. The highest BCUT2D eigenvalue weighted by Gasteiger charge is 2.35.